The number of carbonyl (C=O) groups is 3. The van der Waals surface area contributed by atoms with Gasteiger partial charge in [0.05, 0.1) is 11.4 Å². The number of nitrogens with zero attached hydrogens (tertiary/aromatic N) is 3. The zero-order chi connectivity index (χ0) is 24.5. The molecule has 0 aliphatic rings. The molecule has 0 aliphatic heterocycles. The summed E-state index contributed by atoms with van der Waals surface area (Å²) in [4.78, 5) is 46.1. The molecular weight excluding hydrogens is 420 g/mol. The Labute approximate surface area is 194 Å². The average molecular weight is 451 g/mol. The van der Waals surface area contributed by atoms with Crippen molar-refractivity contribution in [2.75, 3.05) is 18.9 Å². The molecule has 0 radical (unpaired) electrons. The lowest BCUT2D eigenvalue weighted by Gasteiger charge is -2.22. The van der Waals surface area contributed by atoms with Gasteiger partial charge < -0.3 is 21.3 Å². The summed E-state index contributed by atoms with van der Waals surface area (Å²) in [5.74, 6) is 3.95. The van der Waals surface area contributed by atoms with Gasteiger partial charge in [0, 0.05) is 19.3 Å². The molecule has 174 valence electrons. The van der Waals surface area contributed by atoms with Crippen molar-refractivity contribution in [3.63, 3.8) is 0 Å². The Balaban J connectivity index is 2.04. The lowest BCUT2D eigenvalue weighted by molar-refractivity contribution is -0.134. The van der Waals surface area contributed by atoms with E-state index in [-0.39, 0.29) is 11.6 Å². The van der Waals surface area contributed by atoms with Crippen molar-refractivity contribution in [2.45, 2.75) is 46.6 Å². The molecular formula is C24H30N6O3. The molecule has 0 aliphatic carbocycles. The number of rotatable bonds is 9. The molecule has 1 aromatic carbocycles. The molecule has 9 nitrogen and oxygen atoms in total. The molecule has 0 saturated carbocycles. The van der Waals surface area contributed by atoms with Gasteiger partial charge in [-0.25, -0.2) is 9.97 Å². The summed E-state index contributed by atoms with van der Waals surface area (Å²) < 4.78 is 0. The minimum absolute atomic E-state index is 0.0931. The van der Waals surface area contributed by atoms with Crippen LogP contribution in [0.4, 0.5) is 11.5 Å². The predicted octanol–water partition coefficient (Wildman–Crippen LogP) is 1.72. The van der Waals surface area contributed by atoms with Crippen molar-refractivity contribution in [3.8, 4) is 11.8 Å². The van der Waals surface area contributed by atoms with E-state index >= 15 is 0 Å². The zero-order valence-electron chi connectivity index (χ0n) is 19.7. The van der Waals surface area contributed by atoms with Gasteiger partial charge >= 0.3 is 0 Å². The number of carbonyl (C=O) groups excluding carboxylic acids is 3. The van der Waals surface area contributed by atoms with Gasteiger partial charge in [-0.1, -0.05) is 25.0 Å². The summed E-state index contributed by atoms with van der Waals surface area (Å²) in [6.07, 6.45) is 1.22. The van der Waals surface area contributed by atoms with Gasteiger partial charge in [0.2, 0.25) is 5.91 Å². The molecule has 1 heterocycles. The van der Waals surface area contributed by atoms with Crippen LogP contribution in [0.15, 0.2) is 24.3 Å². The van der Waals surface area contributed by atoms with E-state index in [9.17, 15) is 14.4 Å². The van der Waals surface area contributed by atoms with E-state index in [1.165, 1.54) is 4.90 Å². The largest absolute Gasteiger partial charge is 0.364 e. The monoisotopic (exact) mass is 450 g/mol. The lowest BCUT2D eigenvalue weighted by Crippen LogP contribution is -2.46. The first-order valence-electron chi connectivity index (χ1n) is 10.7. The quantitative estimate of drug-likeness (QED) is 0.499. The normalized spacial score (nSPS) is 11.1. The number of hydrogen-bond donors (Lipinski definition) is 3. The van der Waals surface area contributed by atoms with Crippen LogP contribution in [-0.4, -0.2) is 52.2 Å². The van der Waals surface area contributed by atoms with Gasteiger partial charge in [-0.05, 0) is 57.2 Å². The van der Waals surface area contributed by atoms with Crippen molar-refractivity contribution >= 4 is 29.2 Å². The smallest absolute Gasteiger partial charge is 0.298 e. The number of primary amides is 1. The summed E-state index contributed by atoms with van der Waals surface area (Å²) >= 11 is 0. The number of aromatic nitrogens is 2. The van der Waals surface area contributed by atoms with Gasteiger partial charge in [-0.15, -0.1) is 0 Å². The second kappa shape index (κ2) is 11.6. The Bertz CT molecular complexity index is 1100. The Morgan fingerprint density at radius 2 is 1.97 bits per heavy atom. The molecule has 2 rings (SSSR count). The second-order valence-corrected chi connectivity index (χ2v) is 7.50. The fourth-order valence-electron chi connectivity index (χ4n) is 3.11. The second-order valence-electron chi connectivity index (χ2n) is 7.50. The zero-order valence-corrected chi connectivity index (χ0v) is 19.7. The van der Waals surface area contributed by atoms with E-state index in [0.717, 1.165) is 22.6 Å². The van der Waals surface area contributed by atoms with Gasteiger partial charge in [-0.3, -0.25) is 14.4 Å². The van der Waals surface area contributed by atoms with Crippen LogP contribution in [0.3, 0.4) is 0 Å². The highest BCUT2D eigenvalue weighted by Crippen LogP contribution is 2.20. The third kappa shape index (κ3) is 6.77. The van der Waals surface area contributed by atoms with E-state index < -0.39 is 17.9 Å². The van der Waals surface area contributed by atoms with Gasteiger partial charge in [0.25, 0.3) is 11.8 Å². The van der Waals surface area contributed by atoms with Crippen molar-refractivity contribution in [2.24, 2.45) is 5.73 Å². The molecule has 0 fully saturated rings. The van der Waals surface area contributed by atoms with Crippen LogP contribution in [-0.2, 0) is 22.4 Å². The van der Waals surface area contributed by atoms with Crippen LogP contribution in [0.1, 0.15) is 48.2 Å². The first kappa shape index (κ1) is 25.3. The molecule has 3 amide bonds. The molecule has 4 N–H and O–H groups in total. The summed E-state index contributed by atoms with van der Waals surface area (Å²) in [5, 5.41) is 5.96. The third-order valence-electron chi connectivity index (χ3n) is 5.15. The number of amides is 3. The minimum atomic E-state index is -0.652. The standard InChI is InChI=1S/C24H30N6O3/c1-6-9-20(31)30(5)16(4)24(33)26-13-12-17-10-8-11-18(14-17)28-23-21(22(25)32)29-19(7-2)15(3)27-23/h8,10-11,14,16H,7,12-13H2,1-5H3,(H2,25,32)(H,26,33)(H,27,28)/t16-/m0/s1. The summed E-state index contributed by atoms with van der Waals surface area (Å²) in [5.41, 5.74) is 8.72. The SMILES string of the molecule is CC#CC(=O)N(C)[C@@H](C)C(=O)NCCc1cccc(Nc2nc(C)c(CC)nc2C(N)=O)c1. The predicted molar refractivity (Wildman–Crippen MR) is 127 cm³/mol. The van der Waals surface area contributed by atoms with Gasteiger partial charge in [0.15, 0.2) is 11.5 Å². The third-order valence-corrected chi connectivity index (χ3v) is 5.15. The van der Waals surface area contributed by atoms with E-state index in [4.69, 9.17) is 5.73 Å². The highest BCUT2D eigenvalue weighted by atomic mass is 16.2. The maximum atomic E-state index is 12.4. The lowest BCUT2D eigenvalue weighted by atomic mass is 10.1. The Morgan fingerprint density at radius 1 is 1.24 bits per heavy atom. The van der Waals surface area contributed by atoms with Crippen LogP contribution in [0, 0.1) is 18.8 Å². The fourth-order valence-corrected chi connectivity index (χ4v) is 3.11. The molecule has 9 heteroatoms. The van der Waals surface area contributed by atoms with Crippen LogP contribution in [0.2, 0.25) is 0 Å². The Kier molecular flexibility index (Phi) is 8.92. The summed E-state index contributed by atoms with van der Waals surface area (Å²) in [7, 11) is 1.55. The molecule has 0 spiro atoms. The number of nitrogens with one attached hydrogen (secondary N) is 2. The Morgan fingerprint density at radius 3 is 2.61 bits per heavy atom. The van der Waals surface area contributed by atoms with Crippen LogP contribution >= 0.6 is 0 Å². The molecule has 0 unspecified atom stereocenters. The van der Waals surface area contributed by atoms with Crippen LogP contribution in [0.5, 0.6) is 0 Å². The summed E-state index contributed by atoms with van der Waals surface area (Å²) in [6.45, 7) is 7.39. The number of likely N-dealkylation sites (N-methyl/N-ethyl adjacent to an activating group) is 1. The first-order valence-corrected chi connectivity index (χ1v) is 10.7. The molecule has 0 bridgehead atoms. The number of aryl methyl sites for hydroxylation is 2. The number of anilines is 2. The maximum Gasteiger partial charge on any atom is 0.298 e. The maximum absolute atomic E-state index is 12.4. The highest BCUT2D eigenvalue weighted by Gasteiger charge is 2.21. The first-order chi connectivity index (χ1) is 15.7. The van der Waals surface area contributed by atoms with Gasteiger partial charge in [-0.2, -0.15) is 0 Å². The van der Waals surface area contributed by atoms with E-state index in [1.807, 2.05) is 38.1 Å². The number of nitrogens with two attached hydrogens (primary N) is 1. The topological polar surface area (TPSA) is 130 Å². The van der Waals surface area contributed by atoms with Crippen LogP contribution < -0.4 is 16.4 Å². The Hall–Kier alpha value is -3.93. The van der Waals surface area contributed by atoms with Gasteiger partial charge in [0.1, 0.15) is 6.04 Å². The minimum Gasteiger partial charge on any atom is -0.364 e. The van der Waals surface area contributed by atoms with E-state index in [1.54, 1.807) is 20.9 Å². The van der Waals surface area contributed by atoms with Crippen molar-refractivity contribution in [1.82, 2.24) is 20.2 Å². The molecule has 2 aromatic rings. The fraction of sp³-hybridized carbons (Fsp3) is 0.375. The summed E-state index contributed by atoms with van der Waals surface area (Å²) in [6, 6.07) is 6.90. The molecule has 33 heavy (non-hydrogen) atoms. The van der Waals surface area contributed by atoms with E-state index in [0.29, 0.717) is 25.2 Å². The van der Waals surface area contributed by atoms with Crippen molar-refractivity contribution in [1.29, 1.82) is 0 Å². The van der Waals surface area contributed by atoms with Crippen molar-refractivity contribution in [3.05, 3.63) is 46.9 Å². The average Bonchev–Trinajstić information content (AvgIpc) is 2.78. The highest BCUT2D eigenvalue weighted by molar-refractivity contribution is 5.97. The number of hydrogen-bond acceptors (Lipinski definition) is 6. The van der Waals surface area contributed by atoms with Crippen LogP contribution in [0.25, 0.3) is 0 Å². The van der Waals surface area contributed by atoms with Crippen molar-refractivity contribution < 1.29 is 14.4 Å². The molecule has 1 atom stereocenters. The number of benzene rings is 1. The molecule has 0 saturated heterocycles. The molecule has 1 aromatic heterocycles. The van der Waals surface area contributed by atoms with E-state index in [2.05, 4.69) is 32.4 Å².